The van der Waals surface area contributed by atoms with E-state index in [4.69, 9.17) is 0 Å². The molecule has 0 unspecified atom stereocenters. The van der Waals surface area contributed by atoms with Crippen molar-refractivity contribution in [3.63, 3.8) is 0 Å². The molecule has 1 aromatic heterocycles. The molecule has 0 aromatic carbocycles. The van der Waals surface area contributed by atoms with Gasteiger partial charge in [-0.05, 0) is 19.1 Å². The standard InChI is InChI=1S/C14H20N2O4S2/c1-11-3-5-13(21-11)12(17)4-6-14(18)15-7-9-16(10-8-15)22(2,19)20/h3,5H,4,6-10H2,1-2H3. The van der Waals surface area contributed by atoms with Gasteiger partial charge in [0.2, 0.25) is 15.9 Å². The Morgan fingerprint density at radius 2 is 1.77 bits per heavy atom. The van der Waals surface area contributed by atoms with Crippen LogP contribution in [0.4, 0.5) is 0 Å². The fourth-order valence-electron chi connectivity index (χ4n) is 2.36. The zero-order valence-corrected chi connectivity index (χ0v) is 14.4. The summed E-state index contributed by atoms with van der Waals surface area (Å²) in [5, 5.41) is 0. The Hall–Kier alpha value is -1.25. The Balaban J connectivity index is 1.80. The zero-order valence-electron chi connectivity index (χ0n) is 12.7. The first kappa shape index (κ1) is 17.1. The second-order valence-corrected chi connectivity index (χ2v) is 8.65. The predicted molar refractivity (Wildman–Crippen MR) is 85.6 cm³/mol. The van der Waals surface area contributed by atoms with Crippen molar-refractivity contribution >= 4 is 33.1 Å². The van der Waals surface area contributed by atoms with Crippen LogP contribution >= 0.6 is 11.3 Å². The minimum absolute atomic E-state index is 0.0128. The lowest BCUT2D eigenvalue weighted by molar-refractivity contribution is -0.132. The first-order valence-corrected chi connectivity index (χ1v) is 9.76. The zero-order chi connectivity index (χ0) is 16.3. The van der Waals surface area contributed by atoms with Gasteiger partial charge < -0.3 is 4.90 Å². The molecular formula is C14H20N2O4S2. The molecule has 1 aliphatic rings. The third kappa shape index (κ3) is 4.37. The highest BCUT2D eigenvalue weighted by molar-refractivity contribution is 7.88. The Bertz CT molecular complexity index is 658. The highest BCUT2D eigenvalue weighted by atomic mass is 32.2. The molecule has 6 nitrogen and oxygen atoms in total. The van der Waals surface area contributed by atoms with E-state index in [0.29, 0.717) is 31.1 Å². The largest absolute Gasteiger partial charge is 0.340 e. The van der Waals surface area contributed by atoms with Crippen molar-refractivity contribution in [2.45, 2.75) is 19.8 Å². The van der Waals surface area contributed by atoms with Crippen molar-refractivity contribution in [3.8, 4) is 0 Å². The van der Waals surface area contributed by atoms with Crippen LogP contribution in [0.2, 0.25) is 0 Å². The maximum absolute atomic E-state index is 12.1. The minimum Gasteiger partial charge on any atom is -0.340 e. The van der Waals surface area contributed by atoms with E-state index in [1.165, 1.54) is 21.9 Å². The van der Waals surface area contributed by atoms with Gasteiger partial charge in [-0.2, -0.15) is 4.31 Å². The lowest BCUT2D eigenvalue weighted by Crippen LogP contribution is -2.50. The number of sulfonamides is 1. The monoisotopic (exact) mass is 344 g/mol. The van der Waals surface area contributed by atoms with Gasteiger partial charge in [-0.1, -0.05) is 0 Å². The molecule has 2 heterocycles. The van der Waals surface area contributed by atoms with Gasteiger partial charge >= 0.3 is 0 Å². The van der Waals surface area contributed by atoms with Crippen molar-refractivity contribution in [3.05, 3.63) is 21.9 Å². The van der Waals surface area contributed by atoms with Gasteiger partial charge in [0.25, 0.3) is 0 Å². The molecule has 0 spiro atoms. The molecule has 0 aliphatic carbocycles. The Morgan fingerprint density at radius 3 is 2.27 bits per heavy atom. The van der Waals surface area contributed by atoms with Crippen LogP contribution in [0.5, 0.6) is 0 Å². The molecular weight excluding hydrogens is 324 g/mol. The number of amides is 1. The van der Waals surface area contributed by atoms with E-state index in [1.807, 2.05) is 13.0 Å². The molecule has 0 radical (unpaired) electrons. The van der Waals surface area contributed by atoms with Crippen LogP contribution in [0.15, 0.2) is 12.1 Å². The summed E-state index contributed by atoms with van der Waals surface area (Å²) in [6, 6.07) is 3.68. The number of aryl methyl sites for hydroxylation is 1. The summed E-state index contributed by atoms with van der Waals surface area (Å²) in [5.41, 5.74) is 0. The van der Waals surface area contributed by atoms with Gasteiger partial charge in [-0.25, -0.2) is 8.42 Å². The van der Waals surface area contributed by atoms with Crippen LogP contribution in [-0.2, 0) is 14.8 Å². The Labute approximate surface area is 134 Å². The van der Waals surface area contributed by atoms with Crippen molar-refractivity contribution in [2.24, 2.45) is 0 Å². The fraction of sp³-hybridized carbons (Fsp3) is 0.571. The molecule has 8 heteroatoms. The molecule has 0 atom stereocenters. The van der Waals surface area contributed by atoms with E-state index < -0.39 is 10.0 Å². The molecule has 1 fully saturated rings. The van der Waals surface area contributed by atoms with Crippen molar-refractivity contribution in [2.75, 3.05) is 32.4 Å². The number of hydrogen-bond donors (Lipinski definition) is 0. The molecule has 22 heavy (non-hydrogen) atoms. The third-order valence-electron chi connectivity index (χ3n) is 3.64. The van der Waals surface area contributed by atoms with E-state index in [2.05, 4.69) is 0 Å². The van der Waals surface area contributed by atoms with Gasteiger partial charge in [0.1, 0.15) is 0 Å². The van der Waals surface area contributed by atoms with Gasteiger partial charge in [0.15, 0.2) is 5.78 Å². The minimum atomic E-state index is -3.19. The van der Waals surface area contributed by atoms with E-state index in [-0.39, 0.29) is 24.5 Å². The molecule has 0 saturated carbocycles. The van der Waals surface area contributed by atoms with E-state index in [1.54, 1.807) is 11.0 Å². The number of ketones is 1. The molecule has 2 rings (SSSR count). The lowest BCUT2D eigenvalue weighted by atomic mass is 10.1. The quantitative estimate of drug-likeness (QED) is 0.750. The average Bonchev–Trinajstić information content (AvgIpc) is 2.90. The summed E-state index contributed by atoms with van der Waals surface area (Å²) in [4.78, 5) is 27.5. The van der Waals surface area contributed by atoms with Crippen LogP contribution < -0.4 is 0 Å². The number of nitrogens with zero attached hydrogens (tertiary/aromatic N) is 2. The summed E-state index contributed by atoms with van der Waals surface area (Å²) in [6.45, 7) is 3.36. The molecule has 0 bridgehead atoms. The summed E-state index contributed by atoms with van der Waals surface area (Å²) < 4.78 is 24.2. The maximum Gasteiger partial charge on any atom is 0.223 e. The van der Waals surface area contributed by atoms with Crippen molar-refractivity contribution in [1.82, 2.24) is 9.21 Å². The predicted octanol–water partition coefficient (Wildman–Crippen LogP) is 1.12. The molecule has 0 N–H and O–H groups in total. The van der Waals surface area contributed by atoms with Gasteiger partial charge in [0, 0.05) is 43.9 Å². The SMILES string of the molecule is Cc1ccc(C(=O)CCC(=O)N2CCN(S(C)(=O)=O)CC2)s1. The van der Waals surface area contributed by atoms with Crippen LogP contribution in [0, 0.1) is 6.92 Å². The van der Waals surface area contributed by atoms with Crippen molar-refractivity contribution in [1.29, 1.82) is 0 Å². The summed E-state index contributed by atoms with van der Waals surface area (Å²) in [6.07, 6.45) is 1.55. The molecule has 1 aromatic rings. The Morgan fingerprint density at radius 1 is 1.14 bits per heavy atom. The fourth-order valence-corrected chi connectivity index (χ4v) is 4.02. The first-order valence-electron chi connectivity index (χ1n) is 7.10. The van der Waals surface area contributed by atoms with Gasteiger partial charge in [-0.15, -0.1) is 11.3 Å². The maximum atomic E-state index is 12.1. The summed E-state index contributed by atoms with van der Waals surface area (Å²) in [7, 11) is -3.19. The van der Waals surface area contributed by atoms with Crippen LogP contribution in [0.1, 0.15) is 27.4 Å². The third-order valence-corrected chi connectivity index (χ3v) is 5.99. The van der Waals surface area contributed by atoms with Gasteiger partial charge in [-0.3, -0.25) is 9.59 Å². The molecule has 1 aliphatic heterocycles. The number of carbonyl (C=O) groups excluding carboxylic acids is 2. The first-order chi connectivity index (χ1) is 10.3. The highest BCUT2D eigenvalue weighted by Crippen LogP contribution is 2.18. The summed E-state index contributed by atoms with van der Waals surface area (Å²) >= 11 is 1.44. The number of thiophene rings is 1. The highest BCUT2D eigenvalue weighted by Gasteiger charge is 2.26. The normalized spacial score (nSPS) is 16.7. The Kier molecular flexibility index (Phi) is 5.36. The number of rotatable bonds is 5. The smallest absolute Gasteiger partial charge is 0.223 e. The molecule has 122 valence electrons. The van der Waals surface area contributed by atoms with Crippen LogP contribution in [0.3, 0.4) is 0 Å². The topological polar surface area (TPSA) is 74.8 Å². The average molecular weight is 344 g/mol. The number of hydrogen-bond acceptors (Lipinski definition) is 5. The lowest BCUT2D eigenvalue weighted by Gasteiger charge is -2.33. The number of Topliss-reactive ketones (excluding diaryl/α,β-unsaturated/α-hetero) is 1. The van der Waals surface area contributed by atoms with Gasteiger partial charge in [0.05, 0.1) is 11.1 Å². The van der Waals surface area contributed by atoms with E-state index >= 15 is 0 Å². The van der Waals surface area contributed by atoms with Crippen molar-refractivity contribution < 1.29 is 18.0 Å². The van der Waals surface area contributed by atoms with E-state index in [0.717, 1.165) is 4.88 Å². The van der Waals surface area contributed by atoms with E-state index in [9.17, 15) is 18.0 Å². The molecule has 1 saturated heterocycles. The summed E-state index contributed by atoms with van der Waals surface area (Å²) in [5.74, 6) is -0.101. The van der Waals surface area contributed by atoms with Crippen LogP contribution in [0.25, 0.3) is 0 Å². The second-order valence-electron chi connectivity index (χ2n) is 5.38. The van der Waals surface area contributed by atoms with Crippen LogP contribution in [-0.4, -0.2) is 61.7 Å². The number of piperazine rings is 1. The molecule has 1 amide bonds. The second kappa shape index (κ2) is 6.89. The number of carbonyl (C=O) groups is 2.